The minimum absolute atomic E-state index is 0.115. The number of carbonyl (C=O) groups excluding carboxylic acids is 1. The van der Waals surface area contributed by atoms with Crippen LogP contribution in [0.1, 0.15) is 48.1 Å². The molecule has 0 saturated heterocycles. The van der Waals surface area contributed by atoms with E-state index in [9.17, 15) is 4.79 Å². The second-order valence-corrected chi connectivity index (χ2v) is 5.88. The van der Waals surface area contributed by atoms with Crippen molar-refractivity contribution in [2.45, 2.75) is 32.7 Å². The van der Waals surface area contributed by atoms with Crippen molar-refractivity contribution in [3.8, 4) is 0 Å². The molecular weight excluding hydrogens is 332 g/mol. The summed E-state index contributed by atoms with van der Waals surface area (Å²) in [5, 5.41) is 9.77. The third-order valence-electron chi connectivity index (χ3n) is 3.32. The number of hydrogen-bond donors (Lipinski definition) is 3. The molecule has 1 aromatic carbocycles. The summed E-state index contributed by atoms with van der Waals surface area (Å²) in [4.78, 5) is 12.3. The molecule has 1 aromatic heterocycles. The summed E-state index contributed by atoms with van der Waals surface area (Å²) in [5.74, 6) is -0.262. The molecule has 1 amide bonds. The van der Waals surface area contributed by atoms with Gasteiger partial charge in [-0.05, 0) is 31.0 Å². The lowest BCUT2D eigenvalue weighted by Gasteiger charge is -2.13. The highest BCUT2D eigenvalue weighted by Crippen LogP contribution is 2.19. The number of benzene rings is 1. The molecule has 2 aromatic rings. The molecule has 1 heterocycles. The van der Waals surface area contributed by atoms with Crippen LogP contribution in [-0.2, 0) is 6.42 Å². The molecule has 0 bridgehead atoms. The number of nitrogens with zero attached hydrogens (tertiary/aromatic N) is 1. The lowest BCUT2D eigenvalue weighted by molar-refractivity contribution is 0.0935. The Morgan fingerprint density at radius 3 is 2.71 bits per heavy atom. The fourth-order valence-corrected chi connectivity index (χ4v) is 2.36. The normalized spacial score (nSPS) is 12.1. The maximum Gasteiger partial charge on any atom is 0.274 e. The first kappa shape index (κ1) is 15.6. The molecule has 0 aliphatic carbocycles. The van der Waals surface area contributed by atoms with Crippen LogP contribution in [-0.4, -0.2) is 16.1 Å². The molecule has 4 N–H and O–H groups in total. The minimum Gasteiger partial charge on any atom is -0.395 e. The summed E-state index contributed by atoms with van der Waals surface area (Å²) in [7, 11) is 0. The number of rotatable bonds is 5. The van der Waals surface area contributed by atoms with E-state index in [4.69, 9.17) is 5.73 Å². The Hall–Kier alpha value is -1.82. The van der Waals surface area contributed by atoms with Crippen molar-refractivity contribution in [1.29, 1.82) is 0 Å². The Morgan fingerprint density at radius 2 is 2.10 bits per heavy atom. The molecule has 1 atom stereocenters. The molecule has 0 fully saturated rings. The van der Waals surface area contributed by atoms with Gasteiger partial charge in [-0.2, -0.15) is 5.10 Å². The Labute approximate surface area is 132 Å². The predicted octanol–water partition coefficient (Wildman–Crippen LogP) is 3.20. The molecule has 0 aliphatic rings. The SMILES string of the molecule is CCCc1[nH]nc(C(=O)N[C@H](C)c2ccc(Br)cc2)c1N. The highest BCUT2D eigenvalue weighted by atomic mass is 79.9. The number of carbonyl (C=O) groups is 1. The standard InChI is InChI=1S/C15H19BrN4O/c1-3-4-12-13(17)14(20-19-12)15(21)18-9(2)10-5-7-11(16)8-6-10/h5-9H,3-4,17H2,1-2H3,(H,18,21)(H,19,20)/t9-/m1/s1. The highest BCUT2D eigenvalue weighted by Gasteiger charge is 2.18. The summed E-state index contributed by atoms with van der Waals surface area (Å²) in [6.45, 7) is 3.98. The van der Waals surface area contributed by atoms with Gasteiger partial charge in [0, 0.05) is 4.47 Å². The fraction of sp³-hybridized carbons (Fsp3) is 0.333. The van der Waals surface area contributed by atoms with Gasteiger partial charge in [0.1, 0.15) is 0 Å². The minimum atomic E-state index is -0.262. The zero-order chi connectivity index (χ0) is 15.4. The number of aromatic nitrogens is 2. The fourth-order valence-electron chi connectivity index (χ4n) is 2.10. The van der Waals surface area contributed by atoms with E-state index in [-0.39, 0.29) is 17.6 Å². The second-order valence-electron chi connectivity index (χ2n) is 4.96. The number of aromatic amines is 1. The number of amides is 1. The van der Waals surface area contributed by atoms with Crippen molar-refractivity contribution in [3.05, 3.63) is 45.7 Å². The van der Waals surface area contributed by atoms with E-state index < -0.39 is 0 Å². The van der Waals surface area contributed by atoms with Crippen LogP contribution >= 0.6 is 15.9 Å². The van der Waals surface area contributed by atoms with E-state index in [0.717, 1.165) is 28.6 Å². The Morgan fingerprint density at radius 1 is 1.43 bits per heavy atom. The van der Waals surface area contributed by atoms with E-state index in [1.807, 2.05) is 31.2 Å². The molecule has 2 rings (SSSR count). The number of hydrogen-bond acceptors (Lipinski definition) is 3. The number of aryl methyl sites for hydroxylation is 1. The third kappa shape index (κ3) is 3.64. The van der Waals surface area contributed by atoms with Crippen molar-refractivity contribution in [2.75, 3.05) is 5.73 Å². The van der Waals surface area contributed by atoms with E-state index in [0.29, 0.717) is 5.69 Å². The Balaban J connectivity index is 2.09. The number of halogens is 1. The van der Waals surface area contributed by atoms with Gasteiger partial charge in [0.05, 0.1) is 17.4 Å². The average Bonchev–Trinajstić information content (AvgIpc) is 2.81. The smallest absolute Gasteiger partial charge is 0.274 e. The maximum atomic E-state index is 12.3. The van der Waals surface area contributed by atoms with E-state index >= 15 is 0 Å². The summed E-state index contributed by atoms with van der Waals surface area (Å²) >= 11 is 3.39. The van der Waals surface area contributed by atoms with Crippen LogP contribution in [0.4, 0.5) is 5.69 Å². The largest absolute Gasteiger partial charge is 0.395 e. The molecule has 0 saturated carbocycles. The zero-order valence-electron chi connectivity index (χ0n) is 12.1. The molecule has 5 nitrogen and oxygen atoms in total. The number of H-pyrrole nitrogens is 1. The molecular formula is C15H19BrN4O. The van der Waals surface area contributed by atoms with Crippen LogP contribution in [0, 0.1) is 0 Å². The Kier molecular flexibility index (Phi) is 5.01. The van der Waals surface area contributed by atoms with Crippen molar-refractivity contribution >= 4 is 27.5 Å². The second kappa shape index (κ2) is 6.76. The van der Waals surface area contributed by atoms with Crippen LogP contribution in [0.5, 0.6) is 0 Å². The van der Waals surface area contributed by atoms with Gasteiger partial charge in [0.2, 0.25) is 0 Å². The van der Waals surface area contributed by atoms with Gasteiger partial charge in [-0.1, -0.05) is 41.4 Å². The van der Waals surface area contributed by atoms with Gasteiger partial charge < -0.3 is 11.1 Å². The van der Waals surface area contributed by atoms with Gasteiger partial charge in [-0.3, -0.25) is 9.89 Å². The summed E-state index contributed by atoms with van der Waals surface area (Å²) in [6, 6.07) is 7.70. The van der Waals surface area contributed by atoms with Gasteiger partial charge in [0.25, 0.3) is 5.91 Å². The lowest BCUT2D eigenvalue weighted by Crippen LogP contribution is -2.27. The number of anilines is 1. The molecule has 0 radical (unpaired) electrons. The molecule has 0 aliphatic heterocycles. The molecule has 21 heavy (non-hydrogen) atoms. The first-order valence-corrected chi connectivity index (χ1v) is 7.71. The molecule has 112 valence electrons. The average molecular weight is 351 g/mol. The molecule has 0 spiro atoms. The van der Waals surface area contributed by atoms with Crippen molar-refractivity contribution < 1.29 is 4.79 Å². The number of nitrogens with one attached hydrogen (secondary N) is 2. The Bertz CT molecular complexity index is 621. The van der Waals surface area contributed by atoms with Crippen molar-refractivity contribution in [3.63, 3.8) is 0 Å². The van der Waals surface area contributed by atoms with Crippen LogP contribution in [0.2, 0.25) is 0 Å². The van der Waals surface area contributed by atoms with Gasteiger partial charge in [-0.25, -0.2) is 0 Å². The quantitative estimate of drug-likeness (QED) is 0.774. The first-order valence-electron chi connectivity index (χ1n) is 6.92. The van der Waals surface area contributed by atoms with Crippen molar-refractivity contribution in [1.82, 2.24) is 15.5 Å². The van der Waals surface area contributed by atoms with E-state index in [2.05, 4.69) is 38.4 Å². The van der Waals surface area contributed by atoms with Gasteiger partial charge in [0.15, 0.2) is 5.69 Å². The zero-order valence-corrected chi connectivity index (χ0v) is 13.7. The van der Waals surface area contributed by atoms with Crippen LogP contribution in [0.25, 0.3) is 0 Å². The summed E-state index contributed by atoms with van der Waals surface area (Å²) in [5.41, 5.74) is 8.51. The van der Waals surface area contributed by atoms with Gasteiger partial charge >= 0.3 is 0 Å². The van der Waals surface area contributed by atoms with Crippen molar-refractivity contribution in [2.24, 2.45) is 0 Å². The number of nitrogens with two attached hydrogens (primary N) is 1. The lowest BCUT2D eigenvalue weighted by atomic mass is 10.1. The monoisotopic (exact) mass is 350 g/mol. The summed E-state index contributed by atoms with van der Waals surface area (Å²) < 4.78 is 1.01. The number of nitrogen functional groups attached to an aromatic ring is 1. The third-order valence-corrected chi connectivity index (χ3v) is 3.84. The van der Waals surface area contributed by atoms with Gasteiger partial charge in [-0.15, -0.1) is 0 Å². The van der Waals surface area contributed by atoms with Crippen LogP contribution < -0.4 is 11.1 Å². The summed E-state index contributed by atoms with van der Waals surface area (Å²) in [6.07, 6.45) is 1.73. The topological polar surface area (TPSA) is 83.8 Å². The first-order chi connectivity index (χ1) is 10.0. The maximum absolute atomic E-state index is 12.3. The predicted molar refractivity (Wildman–Crippen MR) is 87.0 cm³/mol. The highest BCUT2D eigenvalue weighted by molar-refractivity contribution is 9.10. The van der Waals surface area contributed by atoms with Crippen LogP contribution in [0.3, 0.4) is 0 Å². The van der Waals surface area contributed by atoms with Crippen LogP contribution in [0.15, 0.2) is 28.7 Å². The van der Waals surface area contributed by atoms with E-state index in [1.54, 1.807) is 0 Å². The molecule has 6 heteroatoms. The van der Waals surface area contributed by atoms with E-state index in [1.165, 1.54) is 0 Å². The molecule has 0 unspecified atom stereocenters.